The molecule has 3 aromatic heterocycles. The van der Waals surface area contributed by atoms with Crippen molar-refractivity contribution in [2.75, 3.05) is 0 Å². The monoisotopic (exact) mass is 362 g/mol. The Morgan fingerprint density at radius 1 is 0.692 bits per heavy atom. The van der Waals surface area contributed by atoms with Gasteiger partial charge in [0.2, 0.25) is 0 Å². The third kappa shape index (κ3) is 10.0. The van der Waals surface area contributed by atoms with Gasteiger partial charge in [0.05, 0.1) is 17.9 Å². The molecule has 26 heavy (non-hydrogen) atoms. The Bertz CT molecular complexity index is 632. The van der Waals surface area contributed by atoms with Crippen molar-refractivity contribution in [3.05, 3.63) is 53.6 Å². The van der Waals surface area contributed by atoms with Crippen molar-refractivity contribution in [3.63, 3.8) is 0 Å². The predicted molar refractivity (Wildman–Crippen MR) is 118 cm³/mol. The average Bonchev–Trinajstić information content (AvgIpc) is 3.26. The van der Waals surface area contributed by atoms with Crippen molar-refractivity contribution in [2.24, 2.45) is 7.05 Å². The Morgan fingerprint density at radius 3 is 1.54 bits per heavy atom. The lowest BCUT2D eigenvalue weighted by Gasteiger charge is -1.90. The highest BCUT2D eigenvalue weighted by molar-refractivity contribution is 5.52. The van der Waals surface area contributed by atoms with E-state index in [9.17, 15) is 0 Å². The first kappa shape index (κ1) is 28.7. The fourth-order valence-electron chi connectivity index (χ4n) is 1.67. The Labute approximate surface area is 162 Å². The standard InChI is InChI=1S/C8H8N2.C6H10N2.4C2H6/c1-7-6-9-10-5-3-2-4-8(7)10;1-5-4-7-8(3)6(5)2;4*1-2/h2-6H,1H3;4H,1-3H3;4*1-2H3. The van der Waals surface area contributed by atoms with Crippen LogP contribution in [0.5, 0.6) is 0 Å². The predicted octanol–water partition coefficient (Wildman–Crippen LogP) is 6.78. The minimum Gasteiger partial charge on any atom is -0.273 e. The van der Waals surface area contributed by atoms with Crippen LogP contribution in [0.2, 0.25) is 0 Å². The Morgan fingerprint density at radius 2 is 1.19 bits per heavy atom. The summed E-state index contributed by atoms with van der Waals surface area (Å²) >= 11 is 0. The average molecular weight is 363 g/mol. The fraction of sp³-hybridized carbons (Fsp3) is 0.545. The molecular formula is C22H42N4. The lowest BCUT2D eigenvalue weighted by molar-refractivity contribution is 0.739. The number of nitrogens with zero attached hydrogens (tertiary/aromatic N) is 4. The number of fused-ring (bicyclic) bond motifs is 1. The van der Waals surface area contributed by atoms with E-state index in [0.717, 1.165) is 0 Å². The van der Waals surface area contributed by atoms with Crippen LogP contribution >= 0.6 is 0 Å². The van der Waals surface area contributed by atoms with Crippen LogP contribution in [0.25, 0.3) is 5.52 Å². The number of hydrogen-bond acceptors (Lipinski definition) is 2. The van der Waals surface area contributed by atoms with Gasteiger partial charge in [0, 0.05) is 18.9 Å². The molecule has 0 aromatic carbocycles. The second kappa shape index (κ2) is 19.2. The third-order valence-electron chi connectivity index (χ3n) is 3.10. The molecule has 0 aliphatic rings. The molecule has 0 unspecified atom stereocenters. The molecule has 4 nitrogen and oxygen atoms in total. The summed E-state index contributed by atoms with van der Waals surface area (Å²) in [7, 11) is 1.95. The lowest BCUT2D eigenvalue weighted by Crippen LogP contribution is -1.91. The third-order valence-corrected chi connectivity index (χ3v) is 3.10. The minimum absolute atomic E-state index is 1.18. The normalized spacial score (nSPS) is 8.00. The Kier molecular flexibility index (Phi) is 21.2. The van der Waals surface area contributed by atoms with Crippen LogP contribution in [-0.4, -0.2) is 19.4 Å². The maximum absolute atomic E-state index is 4.13. The molecule has 3 heterocycles. The van der Waals surface area contributed by atoms with E-state index in [-0.39, 0.29) is 0 Å². The van der Waals surface area contributed by atoms with Gasteiger partial charge in [-0.05, 0) is 44.0 Å². The van der Waals surface area contributed by atoms with Gasteiger partial charge in [0.25, 0.3) is 0 Å². The zero-order valence-corrected chi connectivity index (χ0v) is 19.3. The van der Waals surface area contributed by atoms with E-state index in [1.54, 1.807) is 0 Å². The van der Waals surface area contributed by atoms with Crippen LogP contribution in [0.1, 0.15) is 72.2 Å². The zero-order valence-electron chi connectivity index (χ0n) is 19.3. The first-order valence-electron chi connectivity index (χ1n) is 9.94. The van der Waals surface area contributed by atoms with E-state index in [1.165, 1.54) is 22.3 Å². The first-order valence-corrected chi connectivity index (χ1v) is 9.94. The topological polar surface area (TPSA) is 35.1 Å². The molecule has 0 fully saturated rings. The summed E-state index contributed by atoms with van der Waals surface area (Å²) in [5, 5.41) is 8.17. The number of aryl methyl sites for hydroxylation is 3. The van der Waals surface area contributed by atoms with E-state index >= 15 is 0 Å². The van der Waals surface area contributed by atoms with E-state index in [4.69, 9.17) is 0 Å². The van der Waals surface area contributed by atoms with Crippen LogP contribution in [0.3, 0.4) is 0 Å². The van der Waals surface area contributed by atoms with Gasteiger partial charge in [-0.2, -0.15) is 10.2 Å². The summed E-state index contributed by atoms with van der Waals surface area (Å²) in [4.78, 5) is 0. The van der Waals surface area contributed by atoms with E-state index in [1.807, 2.05) is 102 Å². The highest BCUT2D eigenvalue weighted by Gasteiger charge is 1.94. The minimum atomic E-state index is 1.18. The largest absolute Gasteiger partial charge is 0.273 e. The quantitative estimate of drug-likeness (QED) is 0.441. The molecule has 0 aliphatic carbocycles. The maximum atomic E-state index is 4.13. The summed E-state index contributed by atoms with van der Waals surface area (Å²) in [5.74, 6) is 0. The van der Waals surface area contributed by atoms with E-state index in [2.05, 4.69) is 37.0 Å². The number of aromatic nitrogens is 4. The van der Waals surface area contributed by atoms with Gasteiger partial charge in [-0.25, -0.2) is 4.52 Å². The lowest BCUT2D eigenvalue weighted by atomic mass is 10.3. The summed E-state index contributed by atoms with van der Waals surface area (Å²) < 4.78 is 3.74. The van der Waals surface area contributed by atoms with Crippen molar-refractivity contribution in [2.45, 2.75) is 76.2 Å². The van der Waals surface area contributed by atoms with Gasteiger partial charge >= 0.3 is 0 Å². The summed E-state index contributed by atoms with van der Waals surface area (Å²) in [6.45, 7) is 22.2. The van der Waals surface area contributed by atoms with Crippen LogP contribution in [0.15, 0.2) is 36.8 Å². The summed E-state index contributed by atoms with van der Waals surface area (Å²) in [5.41, 5.74) is 4.90. The van der Waals surface area contributed by atoms with Gasteiger partial charge < -0.3 is 0 Å². The highest BCUT2D eigenvalue weighted by atomic mass is 15.3. The SMILES string of the molecule is CC.CC.CC.CC.Cc1cnn(C)c1C.Cc1cnn2ccccc12. The summed E-state index contributed by atoms with van der Waals surface area (Å²) in [6.07, 6.45) is 5.69. The van der Waals surface area contributed by atoms with Crippen LogP contribution in [0, 0.1) is 20.8 Å². The van der Waals surface area contributed by atoms with E-state index < -0.39 is 0 Å². The molecule has 0 saturated heterocycles. The molecule has 0 atom stereocenters. The fourth-order valence-corrected chi connectivity index (χ4v) is 1.67. The van der Waals surface area contributed by atoms with Crippen molar-refractivity contribution >= 4 is 5.52 Å². The summed E-state index contributed by atoms with van der Waals surface area (Å²) in [6, 6.07) is 6.05. The van der Waals surface area contributed by atoms with Gasteiger partial charge in [0.15, 0.2) is 0 Å². The van der Waals surface area contributed by atoms with Gasteiger partial charge in [0.1, 0.15) is 0 Å². The zero-order chi connectivity index (χ0) is 21.1. The molecule has 0 bridgehead atoms. The molecule has 150 valence electrons. The highest BCUT2D eigenvalue weighted by Crippen LogP contribution is 2.06. The molecule has 0 N–H and O–H groups in total. The first-order chi connectivity index (χ1) is 12.6. The van der Waals surface area contributed by atoms with E-state index in [0.29, 0.717) is 0 Å². The van der Waals surface area contributed by atoms with Crippen molar-refractivity contribution in [1.29, 1.82) is 0 Å². The van der Waals surface area contributed by atoms with Crippen LogP contribution in [0.4, 0.5) is 0 Å². The molecule has 4 heteroatoms. The number of rotatable bonds is 0. The molecule has 3 rings (SSSR count). The van der Waals surface area contributed by atoms with Crippen molar-refractivity contribution in [3.8, 4) is 0 Å². The molecule has 0 saturated carbocycles. The van der Waals surface area contributed by atoms with Crippen LogP contribution in [-0.2, 0) is 7.05 Å². The number of pyridine rings is 1. The van der Waals surface area contributed by atoms with Gasteiger partial charge in [-0.3, -0.25) is 4.68 Å². The van der Waals surface area contributed by atoms with Gasteiger partial charge in [-0.1, -0.05) is 61.5 Å². The maximum Gasteiger partial charge on any atom is 0.0690 e. The van der Waals surface area contributed by atoms with Crippen molar-refractivity contribution < 1.29 is 0 Å². The molecule has 0 spiro atoms. The van der Waals surface area contributed by atoms with Gasteiger partial charge in [-0.15, -0.1) is 0 Å². The molecular weight excluding hydrogens is 320 g/mol. The molecule has 0 aliphatic heterocycles. The Hall–Kier alpha value is -2.10. The smallest absolute Gasteiger partial charge is 0.0690 e. The number of hydrogen-bond donors (Lipinski definition) is 0. The molecule has 0 amide bonds. The van der Waals surface area contributed by atoms with Crippen LogP contribution < -0.4 is 0 Å². The Balaban J connectivity index is -0.000000299. The molecule has 0 radical (unpaired) electrons. The second-order valence-electron chi connectivity index (χ2n) is 4.39. The second-order valence-corrected chi connectivity index (χ2v) is 4.39. The van der Waals surface area contributed by atoms with Crippen molar-refractivity contribution in [1.82, 2.24) is 19.4 Å². The molecule has 3 aromatic rings.